The molecule has 4 nitrogen and oxygen atoms in total. The second-order valence-corrected chi connectivity index (χ2v) is 5.57. The molecule has 0 aromatic carbocycles. The number of hydrogen-bond acceptors (Lipinski definition) is 4. The highest BCUT2D eigenvalue weighted by molar-refractivity contribution is 9.09. The number of thioether (sulfide) groups is 1. The van der Waals surface area contributed by atoms with Crippen molar-refractivity contribution < 1.29 is 4.79 Å². The molecule has 1 atom stereocenters. The first-order chi connectivity index (χ1) is 8.13. The highest BCUT2D eigenvalue weighted by Gasteiger charge is 2.31. The van der Waals surface area contributed by atoms with E-state index in [9.17, 15) is 4.79 Å². The van der Waals surface area contributed by atoms with Crippen LogP contribution in [0.15, 0.2) is 11.2 Å². The number of halogens is 2. The van der Waals surface area contributed by atoms with Crippen LogP contribution in [0.5, 0.6) is 0 Å². The largest absolute Gasteiger partial charge is 0.296 e. The highest BCUT2D eigenvalue weighted by Crippen LogP contribution is 2.27. The van der Waals surface area contributed by atoms with Gasteiger partial charge in [0.1, 0.15) is 11.0 Å². The summed E-state index contributed by atoms with van der Waals surface area (Å²) in [5.74, 6) is 1.04. The zero-order chi connectivity index (χ0) is 12.4. The van der Waals surface area contributed by atoms with Crippen LogP contribution in [0.25, 0.3) is 0 Å². The minimum Gasteiger partial charge on any atom is -0.296 e. The maximum absolute atomic E-state index is 11.8. The van der Waals surface area contributed by atoms with Gasteiger partial charge in [0.05, 0.1) is 0 Å². The number of carbonyl (C=O) groups excluding carboxylic acids is 1. The lowest BCUT2D eigenvalue weighted by atomic mass is 10.2. The molecule has 0 N–H and O–H groups in total. The van der Waals surface area contributed by atoms with E-state index in [0.29, 0.717) is 35.0 Å². The van der Waals surface area contributed by atoms with Crippen molar-refractivity contribution in [3.05, 3.63) is 11.2 Å². The number of aromatic nitrogens is 2. The van der Waals surface area contributed by atoms with Gasteiger partial charge in [-0.2, -0.15) is 0 Å². The number of anilines is 1. The Morgan fingerprint density at radius 2 is 2.41 bits per heavy atom. The summed E-state index contributed by atoms with van der Waals surface area (Å²) >= 11 is 10.7. The number of amides is 1. The van der Waals surface area contributed by atoms with Crippen molar-refractivity contribution in [1.82, 2.24) is 9.97 Å². The van der Waals surface area contributed by atoms with Crippen molar-refractivity contribution >= 4 is 51.0 Å². The first-order valence-corrected chi connectivity index (χ1v) is 7.81. The molecule has 1 amide bonds. The minimum atomic E-state index is 0.0938. The van der Waals surface area contributed by atoms with E-state index in [-0.39, 0.29) is 5.91 Å². The Morgan fingerprint density at radius 1 is 1.65 bits per heavy atom. The van der Waals surface area contributed by atoms with Gasteiger partial charge in [-0.1, -0.05) is 39.3 Å². The second kappa shape index (κ2) is 5.54. The number of hydrogen-bond donors (Lipinski definition) is 0. The average molecular weight is 337 g/mol. The quantitative estimate of drug-likeness (QED) is 0.368. The van der Waals surface area contributed by atoms with Gasteiger partial charge < -0.3 is 0 Å². The SMILES string of the molecule is CSc1nc(Cl)cc(N2CC(CBr)CC2=O)n1. The molecule has 1 saturated heterocycles. The van der Waals surface area contributed by atoms with E-state index in [1.807, 2.05) is 6.26 Å². The Balaban J connectivity index is 2.28. The fourth-order valence-corrected chi connectivity index (χ4v) is 2.76. The molecule has 17 heavy (non-hydrogen) atoms. The van der Waals surface area contributed by atoms with Crippen molar-refractivity contribution in [2.75, 3.05) is 23.0 Å². The minimum absolute atomic E-state index is 0.0938. The molecule has 0 saturated carbocycles. The highest BCUT2D eigenvalue weighted by atomic mass is 79.9. The molecule has 1 fully saturated rings. The molecule has 1 aliphatic rings. The van der Waals surface area contributed by atoms with E-state index in [1.54, 1.807) is 11.0 Å². The van der Waals surface area contributed by atoms with Crippen LogP contribution >= 0.6 is 39.3 Å². The van der Waals surface area contributed by atoms with Gasteiger partial charge in [-0.15, -0.1) is 0 Å². The van der Waals surface area contributed by atoms with Crippen molar-refractivity contribution in [3.63, 3.8) is 0 Å². The van der Waals surface area contributed by atoms with Crippen LogP contribution in [0.2, 0.25) is 5.15 Å². The third-order valence-corrected chi connectivity index (χ3v) is 4.20. The molecule has 2 rings (SSSR count). The van der Waals surface area contributed by atoms with Crippen molar-refractivity contribution in [1.29, 1.82) is 0 Å². The zero-order valence-corrected chi connectivity index (χ0v) is 12.3. The molecule has 0 spiro atoms. The Labute approximate surface area is 117 Å². The van der Waals surface area contributed by atoms with Crippen LogP contribution in [-0.4, -0.2) is 34.0 Å². The van der Waals surface area contributed by atoms with Gasteiger partial charge in [0.15, 0.2) is 5.16 Å². The first-order valence-electron chi connectivity index (χ1n) is 5.09. The molecule has 0 aliphatic carbocycles. The molecule has 7 heteroatoms. The first kappa shape index (κ1) is 13.1. The molecule has 0 radical (unpaired) electrons. The second-order valence-electron chi connectivity index (χ2n) is 3.76. The van der Waals surface area contributed by atoms with Gasteiger partial charge in [-0.3, -0.25) is 9.69 Å². The van der Waals surface area contributed by atoms with Gasteiger partial charge in [-0.25, -0.2) is 9.97 Å². The lowest BCUT2D eigenvalue weighted by Gasteiger charge is -2.15. The number of carbonyl (C=O) groups is 1. The van der Waals surface area contributed by atoms with E-state index in [1.165, 1.54) is 11.8 Å². The van der Waals surface area contributed by atoms with Crippen LogP contribution in [0.1, 0.15) is 6.42 Å². The summed E-state index contributed by atoms with van der Waals surface area (Å²) in [6.07, 6.45) is 2.43. The van der Waals surface area contributed by atoms with E-state index in [4.69, 9.17) is 11.6 Å². The Hall–Kier alpha value is -0.330. The molecule has 2 heterocycles. The molecule has 1 unspecified atom stereocenters. The zero-order valence-electron chi connectivity index (χ0n) is 9.19. The predicted octanol–water partition coefficient (Wildman–Crippen LogP) is 2.60. The van der Waals surface area contributed by atoms with Gasteiger partial charge >= 0.3 is 0 Å². The van der Waals surface area contributed by atoms with Crippen LogP contribution in [0.4, 0.5) is 5.82 Å². The summed E-state index contributed by atoms with van der Waals surface area (Å²) in [6, 6.07) is 1.63. The fraction of sp³-hybridized carbons (Fsp3) is 0.500. The van der Waals surface area contributed by atoms with E-state index >= 15 is 0 Å². The summed E-state index contributed by atoms with van der Waals surface area (Å²) in [5, 5.41) is 1.78. The molecule has 1 aliphatic heterocycles. The number of rotatable bonds is 3. The van der Waals surface area contributed by atoms with E-state index in [2.05, 4.69) is 25.9 Å². The summed E-state index contributed by atoms with van der Waals surface area (Å²) in [7, 11) is 0. The van der Waals surface area contributed by atoms with Crippen molar-refractivity contribution in [2.45, 2.75) is 11.6 Å². The van der Waals surface area contributed by atoms with Crippen molar-refractivity contribution in [3.8, 4) is 0 Å². The van der Waals surface area contributed by atoms with Gasteiger partial charge in [0.25, 0.3) is 0 Å². The van der Waals surface area contributed by atoms with Crippen LogP contribution in [0, 0.1) is 5.92 Å². The third-order valence-electron chi connectivity index (χ3n) is 2.54. The average Bonchev–Trinajstić information content (AvgIpc) is 2.69. The normalized spacial score (nSPS) is 20.1. The topological polar surface area (TPSA) is 46.1 Å². The smallest absolute Gasteiger partial charge is 0.228 e. The Morgan fingerprint density at radius 3 is 3.00 bits per heavy atom. The standard InChI is InChI=1S/C10H11BrClN3OS/c1-17-10-13-7(12)3-8(14-10)15-5-6(4-11)2-9(15)16/h3,6H,2,4-5H2,1H3. The number of nitrogens with zero attached hydrogens (tertiary/aromatic N) is 3. The summed E-state index contributed by atoms with van der Waals surface area (Å²) < 4.78 is 0. The monoisotopic (exact) mass is 335 g/mol. The summed E-state index contributed by atoms with van der Waals surface area (Å²) in [6.45, 7) is 0.686. The summed E-state index contributed by atoms with van der Waals surface area (Å²) in [4.78, 5) is 21.9. The van der Waals surface area contributed by atoms with Crippen LogP contribution in [-0.2, 0) is 4.79 Å². The lowest BCUT2D eigenvalue weighted by molar-refractivity contribution is -0.117. The Kier molecular flexibility index (Phi) is 4.27. The van der Waals surface area contributed by atoms with E-state index in [0.717, 1.165) is 5.33 Å². The van der Waals surface area contributed by atoms with E-state index < -0.39 is 0 Å². The molecule has 92 valence electrons. The van der Waals surface area contributed by atoms with Crippen LogP contribution in [0.3, 0.4) is 0 Å². The fourth-order valence-electron chi connectivity index (χ4n) is 1.72. The Bertz CT molecular complexity index is 446. The molecule has 0 bridgehead atoms. The maximum atomic E-state index is 11.8. The molecular formula is C10H11BrClN3OS. The lowest BCUT2D eigenvalue weighted by Crippen LogP contribution is -2.26. The van der Waals surface area contributed by atoms with Crippen LogP contribution < -0.4 is 4.90 Å². The molecule has 1 aromatic rings. The maximum Gasteiger partial charge on any atom is 0.228 e. The predicted molar refractivity (Wildman–Crippen MR) is 73.1 cm³/mol. The van der Waals surface area contributed by atoms with Gasteiger partial charge in [0, 0.05) is 24.4 Å². The summed E-state index contributed by atoms with van der Waals surface area (Å²) in [5.41, 5.74) is 0. The third kappa shape index (κ3) is 2.92. The molecular weight excluding hydrogens is 326 g/mol. The molecule has 1 aromatic heterocycles. The number of alkyl halides is 1. The van der Waals surface area contributed by atoms with Crippen molar-refractivity contribution in [2.24, 2.45) is 5.92 Å². The van der Waals surface area contributed by atoms with Gasteiger partial charge in [-0.05, 0) is 12.2 Å². The van der Waals surface area contributed by atoms with Gasteiger partial charge in [0.2, 0.25) is 5.91 Å².